The summed E-state index contributed by atoms with van der Waals surface area (Å²) in [7, 11) is 3.44. The Kier molecular flexibility index (Phi) is 5.22. The van der Waals surface area contributed by atoms with Crippen LogP contribution in [0.2, 0.25) is 0 Å². The number of rotatable bonds is 3. The zero-order valence-corrected chi connectivity index (χ0v) is 9.74. The zero-order chi connectivity index (χ0) is 11.1. The Morgan fingerprint density at radius 2 is 1.87 bits per heavy atom. The van der Waals surface area contributed by atoms with Gasteiger partial charge in [-0.05, 0) is 12.8 Å². The lowest BCUT2D eigenvalue weighted by Crippen LogP contribution is -2.26. The van der Waals surface area contributed by atoms with Gasteiger partial charge in [0.2, 0.25) is 0 Å². The van der Waals surface area contributed by atoms with Gasteiger partial charge in [-0.1, -0.05) is 25.7 Å². The second kappa shape index (κ2) is 6.49. The molecule has 0 N–H and O–H groups in total. The van der Waals surface area contributed by atoms with E-state index >= 15 is 0 Å². The molecule has 1 aliphatic carbocycles. The predicted octanol–water partition coefficient (Wildman–Crippen LogP) is 2.33. The summed E-state index contributed by atoms with van der Waals surface area (Å²) >= 11 is 0. The summed E-state index contributed by atoms with van der Waals surface area (Å²) in [4.78, 5) is 13.1. The molecule has 0 saturated heterocycles. The summed E-state index contributed by atoms with van der Waals surface area (Å²) < 4.78 is 4.56. The van der Waals surface area contributed by atoms with E-state index in [1.807, 2.05) is 13.2 Å². The van der Waals surface area contributed by atoms with Gasteiger partial charge in [-0.3, -0.25) is 0 Å². The lowest BCUT2D eigenvalue weighted by Gasteiger charge is -2.25. The second-order valence-corrected chi connectivity index (χ2v) is 4.15. The highest BCUT2D eigenvalue weighted by molar-refractivity contribution is 5.81. The van der Waals surface area contributed by atoms with Gasteiger partial charge in [-0.15, -0.1) is 0 Å². The number of hydrogen-bond acceptors (Lipinski definition) is 3. The maximum absolute atomic E-state index is 10.9. The van der Waals surface area contributed by atoms with Gasteiger partial charge in [0.25, 0.3) is 0 Å². The first kappa shape index (κ1) is 12.1. The number of ether oxygens (including phenoxy) is 1. The molecule has 0 aromatic rings. The maximum Gasteiger partial charge on any atom is 0.331 e. The number of hydrogen-bond donors (Lipinski definition) is 0. The van der Waals surface area contributed by atoms with Crippen molar-refractivity contribution in [2.75, 3.05) is 14.2 Å². The molecule has 1 rings (SSSR count). The van der Waals surface area contributed by atoms with Crippen molar-refractivity contribution in [3.05, 3.63) is 12.3 Å². The van der Waals surface area contributed by atoms with Crippen LogP contribution in [0.25, 0.3) is 0 Å². The van der Waals surface area contributed by atoms with Crippen LogP contribution in [0.15, 0.2) is 12.3 Å². The molecular formula is C12H21NO2. The third kappa shape index (κ3) is 4.36. The van der Waals surface area contributed by atoms with Crippen LogP contribution in [-0.4, -0.2) is 31.1 Å². The lowest BCUT2D eigenvalue weighted by molar-refractivity contribution is -0.134. The van der Waals surface area contributed by atoms with Gasteiger partial charge < -0.3 is 9.64 Å². The largest absolute Gasteiger partial charge is 0.466 e. The van der Waals surface area contributed by atoms with Crippen molar-refractivity contribution in [2.24, 2.45) is 0 Å². The topological polar surface area (TPSA) is 29.5 Å². The van der Waals surface area contributed by atoms with E-state index < -0.39 is 0 Å². The number of carbonyl (C=O) groups is 1. The fourth-order valence-electron chi connectivity index (χ4n) is 2.03. The quantitative estimate of drug-likeness (QED) is 0.407. The van der Waals surface area contributed by atoms with Crippen molar-refractivity contribution in [3.8, 4) is 0 Å². The first-order valence-corrected chi connectivity index (χ1v) is 5.72. The number of carbonyl (C=O) groups excluding carboxylic acids is 1. The molecule has 1 saturated carbocycles. The van der Waals surface area contributed by atoms with Crippen LogP contribution in [-0.2, 0) is 9.53 Å². The number of methoxy groups -OCH3 is 1. The summed E-state index contributed by atoms with van der Waals surface area (Å²) in [5.41, 5.74) is 0. The molecule has 0 heterocycles. The van der Waals surface area contributed by atoms with Crippen LogP contribution < -0.4 is 0 Å². The van der Waals surface area contributed by atoms with Crippen LogP contribution in [0.3, 0.4) is 0 Å². The minimum atomic E-state index is -0.282. The molecule has 1 aliphatic rings. The molecule has 86 valence electrons. The molecule has 1 fully saturated rings. The smallest absolute Gasteiger partial charge is 0.331 e. The van der Waals surface area contributed by atoms with Gasteiger partial charge in [0, 0.05) is 25.4 Å². The van der Waals surface area contributed by atoms with Gasteiger partial charge in [-0.25, -0.2) is 4.79 Å². The van der Waals surface area contributed by atoms with E-state index in [1.54, 1.807) is 0 Å². The molecular weight excluding hydrogens is 190 g/mol. The summed E-state index contributed by atoms with van der Waals surface area (Å²) in [6.45, 7) is 0. The van der Waals surface area contributed by atoms with E-state index in [0.717, 1.165) is 0 Å². The monoisotopic (exact) mass is 211 g/mol. The van der Waals surface area contributed by atoms with E-state index in [9.17, 15) is 4.79 Å². The molecule has 0 aromatic heterocycles. The van der Waals surface area contributed by atoms with E-state index in [-0.39, 0.29) is 5.97 Å². The van der Waals surface area contributed by atoms with E-state index in [1.165, 1.54) is 51.7 Å². The standard InChI is InChI=1S/C12H21NO2/c1-13(10-9-12(14)15-2)11-7-5-3-4-6-8-11/h9-11H,3-8H2,1-2H3. The Morgan fingerprint density at radius 1 is 1.27 bits per heavy atom. The van der Waals surface area contributed by atoms with E-state index in [0.29, 0.717) is 6.04 Å². The summed E-state index contributed by atoms with van der Waals surface area (Å²) in [5, 5.41) is 0. The third-order valence-electron chi connectivity index (χ3n) is 3.05. The van der Waals surface area contributed by atoms with Crippen LogP contribution in [0.5, 0.6) is 0 Å². The lowest BCUT2D eigenvalue weighted by atomic mass is 10.1. The highest BCUT2D eigenvalue weighted by atomic mass is 16.5. The van der Waals surface area contributed by atoms with Crippen LogP contribution in [0, 0.1) is 0 Å². The molecule has 15 heavy (non-hydrogen) atoms. The van der Waals surface area contributed by atoms with Gasteiger partial charge in [0.05, 0.1) is 7.11 Å². The predicted molar refractivity (Wildman–Crippen MR) is 60.4 cm³/mol. The van der Waals surface area contributed by atoms with Crippen molar-refractivity contribution in [1.82, 2.24) is 4.90 Å². The number of nitrogens with zero attached hydrogens (tertiary/aromatic N) is 1. The SMILES string of the molecule is COC(=O)C=CN(C)C1CCCCCC1. The molecule has 0 spiro atoms. The van der Waals surface area contributed by atoms with E-state index in [4.69, 9.17) is 0 Å². The Balaban J connectivity index is 2.40. The highest BCUT2D eigenvalue weighted by Gasteiger charge is 2.14. The van der Waals surface area contributed by atoms with Crippen molar-refractivity contribution < 1.29 is 9.53 Å². The zero-order valence-electron chi connectivity index (χ0n) is 9.74. The molecule has 3 heteroatoms. The average molecular weight is 211 g/mol. The first-order valence-electron chi connectivity index (χ1n) is 5.72. The Morgan fingerprint density at radius 3 is 2.40 bits per heavy atom. The van der Waals surface area contributed by atoms with Gasteiger partial charge in [-0.2, -0.15) is 0 Å². The Labute approximate surface area is 92.1 Å². The molecule has 0 bridgehead atoms. The minimum absolute atomic E-state index is 0.282. The molecule has 0 unspecified atom stereocenters. The van der Waals surface area contributed by atoms with Crippen LogP contribution >= 0.6 is 0 Å². The van der Waals surface area contributed by atoms with E-state index in [2.05, 4.69) is 9.64 Å². The number of esters is 1. The molecule has 0 aromatic carbocycles. The Bertz CT molecular complexity index is 218. The van der Waals surface area contributed by atoms with Gasteiger partial charge in [0.15, 0.2) is 0 Å². The molecule has 0 radical (unpaired) electrons. The minimum Gasteiger partial charge on any atom is -0.466 e. The summed E-state index contributed by atoms with van der Waals surface area (Å²) in [6.07, 6.45) is 11.1. The fraction of sp³-hybridized carbons (Fsp3) is 0.750. The molecule has 3 nitrogen and oxygen atoms in total. The van der Waals surface area contributed by atoms with Crippen LogP contribution in [0.1, 0.15) is 38.5 Å². The normalized spacial score (nSPS) is 18.8. The van der Waals surface area contributed by atoms with Gasteiger partial charge in [0.1, 0.15) is 0 Å². The van der Waals surface area contributed by atoms with Gasteiger partial charge >= 0.3 is 5.97 Å². The van der Waals surface area contributed by atoms with Crippen molar-refractivity contribution in [1.29, 1.82) is 0 Å². The average Bonchev–Trinajstić information content (AvgIpc) is 2.53. The fourth-order valence-corrected chi connectivity index (χ4v) is 2.03. The molecule has 0 atom stereocenters. The molecule has 0 amide bonds. The first-order chi connectivity index (χ1) is 7.24. The van der Waals surface area contributed by atoms with Crippen molar-refractivity contribution in [3.63, 3.8) is 0 Å². The summed E-state index contributed by atoms with van der Waals surface area (Å²) in [6, 6.07) is 0.591. The Hall–Kier alpha value is -0.990. The maximum atomic E-state index is 10.9. The summed E-state index contributed by atoms with van der Waals surface area (Å²) in [5.74, 6) is -0.282. The third-order valence-corrected chi connectivity index (χ3v) is 3.05. The van der Waals surface area contributed by atoms with Crippen molar-refractivity contribution >= 4 is 5.97 Å². The highest BCUT2D eigenvalue weighted by Crippen LogP contribution is 2.20. The molecule has 0 aliphatic heterocycles. The van der Waals surface area contributed by atoms with Crippen molar-refractivity contribution in [2.45, 2.75) is 44.6 Å². The van der Waals surface area contributed by atoms with Crippen LogP contribution in [0.4, 0.5) is 0 Å². The second-order valence-electron chi connectivity index (χ2n) is 4.15.